The van der Waals surface area contributed by atoms with Crippen molar-refractivity contribution in [2.24, 2.45) is 17.3 Å². The molecule has 0 aliphatic heterocycles. The van der Waals surface area contributed by atoms with Crippen molar-refractivity contribution in [2.45, 2.75) is 37.5 Å². The molecule has 0 amide bonds. The van der Waals surface area contributed by atoms with Crippen molar-refractivity contribution in [3.63, 3.8) is 0 Å². The Kier molecular flexibility index (Phi) is 1.96. The molecule has 0 spiro atoms. The first-order valence-electron chi connectivity index (χ1n) is 8.30. The van der Waals surface area contributed by atoms with Gasteiger partial charge in [0.15, 0.2) is 0 Å². The Bertz CT molecular complexity index is 638. The normalized spacial score (nSPS) is 41.2. The molecule has 0 nitrogen and oxygen atoms in total. The number of fused-ring (bicyclic) bond motifs is 4. The Balaban J connectivity index is 1.76. The maximum absolute atomic E-state index is 2.52. The van der Waals surface area contributed by atoms with Gasteiger partial charge in [-0.25, -0.2) is 0 Å². The van der Waals surface area contributed by atoms with Gasteiger partial charge in [-0.2, -0.15) is 0 Å². The van der Waals surface area contributed by atoms with Gasteiger partial charge in [-0.05, 0) is 41.2 Å². The van der Waals surface area contributed by atoms with Gasteiger partial charge in [0.25, 0.3) is 0 Å². The molecule has 0 radical (unpaired) electrons. The average molecular weight is 274 g/mol. The lowest BCUT2D eigenvalue weighted by Crippen LogP contribution is -2.57. The number of hydrogen-bond donors (Lipinski definition) is 0. The molecule has 0 heteroatoms. The van der Waals surface area contributed by atoms with E-state index in [2.05, 4.69) is 74.5 Å². The first kappa shape index (κ1) is 12.0. The number of rotatable bonds is 2. The predicted octanol–water partition coefficient (Wildman–Crippen LogP) is 4.94. The second-order valence-corrected chi connectivity index (χ2v) is 7.76. The summed E-state index contributed by atoms with van der Waals surface area (Å²) in [6, 6.07) is 22.7. The van der Waals surface area contributed by atoms with E-state index in [1.807, 2.05) is 0 Å². The van der Waals surface area contributed by atoms with Crippen molar-refractivity contribution in [3.8, 4) is 0 Å². The van der Waals surface area contributed by atoms with Crippen LogP contribution in [0.4, 0.5) is 0 Å². The average Bonchev–Trinajstić information content (AvgIpc) is 2.88. The van der Waals surface area contributed by atoms with E-state index in [-0.39, 0.29) is 0 Å². The molecule has 21 heavy (non-hydrogen) atoms. The summed E-state index contributed by atoms with van der Waals surface area (Å²) in [6.45, 7) is 5.04. The van der Waals surface area contributed by atoms with Crippen LogP contribution < -0.4 is 0 Å². The summed E-state index contributed by atoms with van der Waals surface area (Å²) in [5, 5.41) is 0. The summed E-state index contributed by atoms with van der Waals surface area (Å²) < 4.78 is 0. The SMILES string of the molecule is CC1(C)C2(c3ccccc3)C3CCC3C12c1ccccc1. The molecule has 0 saturated heterocycles. The summed E-state index contributed by atoms with van der Waals surface area (Å²) in [5.74, 6) is 1.82. The van der Waals surface area contributed by atoms with E-state index in [1.165, 1.54) is 12.8 Å². The Labute approximate surface area is 127 Å². The highest BCUT2D eigenvalue weighted by atomic mass is 15.0. The van der Waals surface area contributed by atoms with Gasteiger partial charge in [0, 0.05) is 10.8 Å². The molecule has 3 saturated carbocycles. The predicted molar refractivity (Wildman–Crippen MR) is 86.2 cm³/mol. The van der Waals surface area contributed by atoms with Crippen molar-refractivity contribution in [2.75, 3.05) is 0 Å². The Morgan fingerprint density at radius 1 is 0.667 bits per heavy atom. The van der Waals surface area contributed by atoms with Gasteiger partial charge < -0.3 is 0 Å². The molecule has 4 atom stereocenters. The van der Waals surface area contributed by atoms with E-state index < -0.39 is 0 Å². The highest BCUT2D eigenvalue weighted by molar-refractivity contribution is 5.65. The lowest BCUT2D eigenvalue weighted by Gasteiger charge is -2.59. The molecule has 0 N–H and O–H groups in total. The smallest absolute Gasteiger partial charge is 0.0149 e. The number of hydrogen-bond acceptors (Lipinski definition) is 0. The maximum Gasteiger partial charge on any atom is 0.0149 e. The Morgan fingerprint density at radius 2 is 1.05 bits per heavy atom. The topological polar surface area (TPSA) is 0 Å². The quantitative estimate of drug-likeness (QED) is 0.727. The molecule has 4 unspecified atom stereocenters. The molecule has 0 heterocycles. The third kappa shape index (κ3) is 0.950. The zero-order valence-electron chi connectivity index (χ0n) is 12.8. The minimum Gasteiger partial charge on any atom is -0.0622 e. The molecule has 2 aromatic carbocycles. The van der Waals surface area contributed by atoms with E-state index in [0.29, 0.717) is 16.2 Å². The highest BCUT2D eigenvalue weighted by Crippen LogP contribution is 2.96. The van der Waals surface area contributed by atoms with Crippen LogP contribution in [-0.2, 0) is 10.8 Å². The van der Waals surface area contributed by atoms with Crippen molar-refractivity contribution in [1.29, 1.82) is 0 Å². The molecule has 0 bridgehead atoms. The van der Waals surface area contributed by atoms with E-state index in [9.17, 15) is 0 Å². The van der Waals surface area contributed by atoms with E-state index in [1.54, 1.807) is 11.1 Å². The van der Waals surface area contributed by atoms with Gasteiger partial charge in [-0.15, -0.1) is 0 Å². The molecule has 0 aromatic heterocycles. The summed E-state index contributed by atoms with van der Waals surface area (Å²) in [5.41, 5.74) is 4.34. The largest absolute Gasteiger partial charge is 0.0622 e. The van der Waals surface area contributed by atoms with Crippen LogP contribution in [0, 0.1) is 17.3 Å². The molecule has 106 valence electrons. The van der Waals surface area contributed by atoms with Crippen molar-refractivity contribution in [1.82, 2.24) is 0 Å². The zero-order valence-corrected chi connectivity index (χ0v) is 12.8. The maximum atomic E-state index is 2.52. The molecule has 3 aliphatic carbocycles. The van der Waals surface area contributed by atoms with Gasteiger partial charge in [0.1, 0.15) is 0 Å². The molecule has 3 aliphatic rings. The van der Waals surface area contributed by atoms with E-state index in [4.69, 9.17) is 0 Å². The minimum atomic E-state index is 0.383. The van der Waals surface area contributed by atoms with Crippen LogP contribution in [0.3, 0.4) is 0 Å². The van der Waals surface area contributed by atoms with Crippen LogP contribution in [-0.4, -0.2) is 0 Å². The number of benzene rings is 2. The van der Waals surface area contributed by atoms with Crippen LogP contribution in [0.15, 0.2) is 60.7 Å². The van der Waals surface area contributed by atoms with Crippen molar-refractivity contribution < 1.29 is 0 Å². The monoisotopic (exact) mass is 274 g/mol. The molecular formula is C21H22. The summed E-state index contributed by atoms with van der Waals surface area (Å²) >= 11 is 0. The third-order valence-electron chi connectivity index (χ3n) is 7.38. The highest BCUT2D eigenvalue weighted by Gasteiger charge is 2.96. The summed E-state index contributed by atoms with van der Waals surface area (Å²) in [6.07, 6.45) is 2.86. The van der Waals surface area contributed by atoms with Gasteiger partial charge in [-0.3, -0.25) is 0 Å². The van der Waals surface area contributed by atoms with Crippen LogP contribution >= 0.6 is 0 Å². The second kappa shape index (κ2) is 3.43. The van der Waals surface area contributed by atoms with Crippen LogP contribution in [0.5, 0.6) is 0 Å². The molecule has 3 fully saturated rings. The van der Waals surface area contributed by atoms with Crippen molar-refractivity contribution >= 4 is 0 Å². The van der Waals surface area contributed by atoms with Crippen LogP contribution in [0.25, 0.3) is 0 Å². The fraction of sp³-hybridized carbons (Fsp3) is 0.429. The standard InChI is InChI=1S/C21H22/c1-19(2)20(15-9-5-3-6-10-15)17-13-14-18(17)21(19,20)16-11-7-4-8-12-16/h3-12,17-18H,13-14H2,1-2H3. The van der Waals surface area contributed by atoms with Gasteiger partial charge in [0.05, 0.1) is 0 Å². The second-order valence-electron chi connectivity index (χ2n) is 7.76. The van der Waals surface area contributed by atoms with E-state index in [0.717, 1.165) is 11.8 Å². The molecular weight excluding hydrogens is 252 g/mol. The molecule has 5 rings (SSSR count). The van der Waals surface area contributed by atoms with Crippen LogP contribution in [0.2, 0.25) is 0 Å². The summed E-state index contributed by atoms with van der Waals surface area (Å²) in [7, 11) is 0. The van der Waals surface area contributed by atoms with Gasteiger partial charge in [-0.1, -0.05) is 74.5 Å². The van der Waals surface area contributed by atoms with Crippen molar-refractivity contribution in [3.05, 3.63) is 71.8 Å². The molecule has 2 aromatic rings. The fourth-order valence-electron chi connectivity index (χ4n) is 6.90. The third-order valence-corrected chi connectivity index (χ3v) is 7.38. The lowest BCUT2D eigenvalue weighted by molar-refractivity contribution is -0.0131. The Hall–Kier alpha value is -1.56. The van der Waals surface area contributed by atoms with Crippen LogP contribution in [0.1, 0.15) is 37.8 Å². The Morgan fingerprint density at radius 3 is 1.38 bits per heavy atom. The minimum absolute atomic E-state index is 0.383. The van der Waals surface area contributed by atoms with Gasteiger partial charge >= 0.3 is 0 Å². The first-order valence-corrected chi connectivity index (χ1v) is 8.30. The first-order chi connectivity index (χ1) is 10.2. The van der Waals surface area contributed by atoms with Gasteiger partial charge in [0.2, 0.25) is 0 Å². The zero-order chi connectivity index (χ0) is 14.3. The van der Waals surface area contributed by atoms with E-state index >= 15 is 0 Å². The lowest BCUT2D eigenvalue weighted by atomic mass is 9.44. The fourth-order valence-corrected chi connectivity index (χ4v) is 6.90. The summed E-state index contributed by atoms with van der Waals surface area (Å²) in [4.78, 5) is 0.